The Labute approximate surface area is 182 Å². The van der Waals surface area contributed by atoms with E-state index in [1.807, 2.05) is 0 Å². The van der Waals surface area contributed by atoms with Crippen molar-refractivity contribution < 1.29 is 32.6 Å². The van der Waals surface area contributed by atoms with Crippen LogP contribution in [0.1, 0.15) is 26.3 Å². The Morgan fingerprint density at radius 2 is 1.34 bits per heavy atom. The van der Waals surface area contributed by atoms with Crippen molar-refractivity contribution in [2.75, 3.05) is 7.11 Å². The van der Waals surface area contributed by atoms with Gasteiger partial charge in [0.15, 0.2) is 0 Å². The van der Waals surface area contributed by atoms with Gasteiger partial charge in [-0.15, -0.1) is 0 Å². The first-order chi connectivity index (χ1) is 15.4. The minimum Gasteiger partial charge on any atom is -0.467 e. The van der Waals surface area contributed by atoms with Gasteiger partial charge in [0.25, 0.3) is 5.91 Å². The number of benzene rings is 3. The van der Waals surface area contributed by atoms with Gasteiger partial charge in [-0.25, -0.2) is 18.4 Å². The molecule has 164 valence electrons. The van der Waals surface area contributed by atoms with E-state index in [1.54, 1.807) is 12.1 Å². The summed E-state index contributed by atoms with van der Waals surface area (Å²) in [6.07, 6.45) is 0.117. The van der Waals surface area contributed by atoms with Crippen LogP contribution in [0.4, 0.5) is 8.78 Å². The molecule has 32 heavy (non-hydrogen) atoms. The monoisotopic (exact) mass is 439 g/mol. The number of carbonyl (C=O) groups is 3. The van der Waals surface area contributed by atoms with Gasteiger partial charge in [-0.2, -0.15) is 0 Å². The first kappa shape index (κ1) is 22.6. The van der Waals surface area contributed by atoms with E-state index in [9.17, 15) is 23.2 Å². The Balaban J connectivity index is 1.65. The second kappa shape index (κ2) is 10.3. The molecule has 0 aliphatic rings. The molecule has 0 aliphatic heterocycles. The summed E-state index contributed by atoms with van der Waals surface area (Å²) >= 11 is 0. The van der Waals surface area contributed by atoms with Crippen LogP contribution in [0, 0.1) is 11.6 Å². The van der Waals surface area contributed by atoms with Gasteiger partial charge < -0.3 is 14.8 Å². The third-order valence-electron chi connectivity index (χ3n) is 4.55. The normalized spacial score (nSPS) is 11.3. The van der Waals surface area contributed by atoms with Crippen molar-refractivity contribution in [1.29, 1.82) is 0 Å². The molecule has 0 bridgehead atoms. The van der Waals surface area contributed by atoms with Crippen LogP contribution >= 0.6 is 0 Å². The van der Waals surface area contributed by atoms with Crippen molar-refractivity contribution in [1.82, 2.24) is 5.32 Å². The minimum absolute atomic E-state index is 0.117. The summed E-state index contributed by atoms with van der Waals surface area (Å²) in [7, 11) is 1.21. The van der Waals surface area contributed by atoms with Crippen molar-refractivity contribution in [3.8, 4) is 5.75 Å². The number of hydrogen-bond acceptors (Lipinski definition) is 5. The van der Waals surface area contributed by atoms with E-state index >= 15 is 0 Å². The molecule has 0 aliphatic carbocycles. The van der Waals surface area contributed by atoms with E-state index in [0.717, 1.165) is 24.3 Å². The lowest BCUT2D eigenvalue weighted by Crippen LogP contribution is -2.43. The molecule has 0 saturated carbocycles. The zero-order valence-corrected chi connectivity index (χ0v) is 17.0. The summed E-state index contributed by atoms with van der Waals surface area (Å²) in [6.45, 7) is 0. The van der Waals surface area contributed by atoms with Crippen LogP contribution in [0.2, 0.25) is 0 Å². The third kappa shape index (κ3) is 5.98. The smallest absolute Gasteiger partial charge is 0.343 e. The molecule has 3 aromatic carbocycles. The predicted molar refractivity (Wildman–Crippen MR) is 111 cm³/mol. The molecule has 0 spiro atoms. The number of nitrogens with one attached hydrogen (secondary N) is 1. The molecule has 0 radical (unpaired) electrons. The maximum atomic E-state index is 13.1. The van der Waals surface area contributed by atoms with Crippen LogP contribution in [-0.4, -0.2) is 31.0 Å². The summed E-state index contributed by atoms with van der Waals surface area (Å²) in [5.41, 5.74) is 1.06. The molecule has 0 unspecified atom stereocenters. The van der Waals surface area contributed by atoms with E-state index in [4.69, 9.17) is 9.47 Å². The highest BCUT2D eigenvalue weighted by atomic mass is 19.1. The van der Waals surface area contributed by atoms with Crippen LogP contribution in [0.3, 0.4) is 0 Å². The highest BCUT2D eigenvalue weighted by Crippen LogP contribution is 2.16. The van der Waals surface area contributed by atoms with Crippen LogP contribution < -0.4 is 10.1 Å². The lowest BCUT2D eigenvalue weighted by atomic mass is 10.0. The van der Waals surface area contributed by atoms with E-state index in [1.165, 1.54) is 43.5 Å². The SMILES string of the molecule is COC(=O)[C@H](Cc1ccc(OC(=O)c2ccc(F)cc2)cc1)NC(=O)c1ccc(F)cc1. The molecule has 6 nitrogen and oxygen atoms in total. The molecule has 0 saturated heterocycles. The molecule has 8 heteroatoms. The van der Waals surface area contributed by atoms with Crippen molar-refractivity contribution in [2.45, 2.75) is 12.5 Å². The summed E-state index contributed by atoms with van der Waals surface area (Å²) in [5, 5.41) is 2.57. The topological polar surface area (TPSA) is 81.7 Å². The van der Waals surface area contributed by atoms with Gasteiger partial charge in [0.2, 0.25) is 0 Å². The fourth-order valence-corrected chi connectivity index (χ4v) is 2.86. The number of rotatable bonds is 7. The molecular formula is C24H19F2NO5. The van der Waals surface area contributed by atoms with E-state index < -0.39 is 35.5 Å². The Hall–Kier alpha value is -4.07. The number of ether oxygens (including phenoxy) is 2. The quantitative estimate of drug-likeness (QED) is 0.449. The van der Waals surface area contributed by atoms with Crippen molar-refractivity contribution in [2.24, 2.45) is 0 Å². The zero-order valence-electron chi connectivity index (χ0n) is 17.0. The van der Waals surface area contributed by atoms with Gasteiger partial charge in [-0.05, 0) is 66.2 Å². The molecule has 1 amide bonds. The van der Waals surface area contributed by atoms with Gasteiger partial charge in [0.1, 0.15) is 23.4 Å². The summed E-state index contributed by atoms with van der Waals surface area (Å²) in [5.74, 6) is -2.52. The minimum atomic E-state index is -0.981. The Kier molecular flexibility index (Phi) is 7.28. The number of methoxy groups -OCH3 is 1. The van der Waals surface area contributed by atoms with E-state index in [2.05, 4.69) is 5.32 Å². The zero-order chi connectivity index (χ0) is 23.1. The van der Waals surface area contributed by atoms with Gasteiger partial charge in [0.05, 0.1) is 12.7 Å². The molecule has 0 aromatic heterocycles. The van der Waals surface area contributed by atoms with Crippen LogP contribution in [0.15, 0.2) is 72.8 Å². The van der Waals surface area contributed by atoms with Gasteiger partial charge in [0, 0.05) is 12.0 Å². The molecular weight excluding hydrogens is 420 g/mol. The Bertz CT molecular complexity index is 1100. The fraction of sp³-hybridized carbons (Fsp3) is 0.125. The highest BCUT2D eigenvalue weighted by Gasteiger charge is 2.23. The number of esters is 2. The number of halogens is 2. The standard InChI is InChI=1S/C24H19F2NO5/c1-31-24(30)21(27-22(28)16-4-8-18(25)9-5-16)14-15-2-12-20(13-3-15)32-23(29)17-6-10-19(26)11-7-17/h2-13,21H,14H2,1H3,(H,27,28)/t21-/m0/s1. The van der Waals surface area contributed by atoms with Crippen molar-refractivity contribution in [3.63, 3.8) is 0 Å². The number of hydrogen-bond donors (Lipinski definition) is 1. The summed E-state index contributed by atoms with van der Waals surface area (Å²) in [6, 6.07) is 15.2. The van der Waals surface area contributed by atoms with Crippen LogP contribution in [-0.2, 0) is 16.0 Å². The number of amides is 1. The largest absolute Gasteiger partial charge is 0.467 e. The van der Waals surface area contributed by atoms with Gasteiger partial charge in [-0.1, -0.05) is 12.1 Å². The molecule has 3 aromatic rings. The first-order valence-electron chi connectivity index (χ1n) is 9.56. The third-order valence-corrected chi connectivity index (χ3v) is 4.55. The van der Waals surface area contributed by atoms with Crippen molar-refractivity contribution >= 4 is 17.8 Å². The fourth-order valence-electron chi connectivity index (χ4n) is 2.86. The molecule has 1 atom stereocenters. The van der Waals surface area contributed by atoms with Gasteiger partial charge >= 0.3 is 11.9 Å². The lowest BCUT2D eigenvalue weighted by Gasteiger charge is -2.17. The lowest BCUT2D eigenvalue weighted by molar-refractivity contribution is -0.142. The maximum absolute atomic E-state index is 13.1. The molecule has 1 N–H and O–H groups in total. The predicted octanol–water partition coefficient (Wildman–Crippen LogP) is 3.70. The second-order valence-corrected chi connectivity index (χ2v) is 6.80. The summed E-state index contributed by atoms with van der Waals surface area (Å²) < 4.78 is 36.0. The first-order valence-corrected chi connectivity index (χ1v) is 9.56. The molecule has 0 fully saturated rings. The van der Waals surface area contributed by atoms with Gasteiger partial charge in [-0.3, -0.25) is 4.79 Å². The second-order valence-electron chi connectivity index (χ2n) is 6.80. The van der Waals surface area contributed by atoms with Crippen molar-refractivity contribution in [3.05, 3.63) is 101 Å². The Morgan fingerprint density at radius 1 is 0.812 bits per heavy atom. The Morgan fingerprint density at radius 3 is 1.88 bits per heavy atom. The maximum Gasteiger partial charge on any atom is 0.343 e. The summed E-state index contributed by atoms with van der Waals surface area (Å²) in [4.78, 5) is 36.6. The van der Waals surface area contributed by atoms with Crippen LogP contribution in [0.5, 0.6) is 5.75 Å². The molecule has 3 rings (SSSR count). The average molecular weight is 439 g/mol. The highest BCUT2D eigenvalue weighted by molar-refractivity contribution is 5.96. The number of carbonyl (C=O) groups excluding carboxylic acids is 3. The van der Waals surface area contributed by atoms with E-state index in [-0.39, 0.29) is 23.3 Å². The van der Waals surface area contributed by atoms with E-state index in [0.29, 0.717) is 5.56 Å². The van der Waals surface area contributed by atoms with Crippen LogP contribution in [0.25, 0.3) is 0 Å². The average Bonchev–Trinajstić information content (AvgIpc) is 2.80. The molecule has 0 heterocycles.